The van der Waals surface area contributed by atoms with E-state index in [1.807, 2.05) is 0 Å². The largest absolute Gasteiger partial charge is 0.538 e. The van der Waals surface area contributed by atoms with Crippen LogP contribution in [0.4, 0.5) is 39.5 Å². The van der Waals surface area contributed by atoms with Gasteiger partial charge in [-0.3, -0.25) is 0 Å². The monoisotopic (exact) mass is 323 g/mol. The highest BCUT2D eigenvalue weighted by molar-refractivity contribution is 6.59. The minimum Gasteiger partial charge on any atom is -0.538 e. The van der Waals surface area contributed by atoms with Gasteiger partial charge in [-0.15, -0.1) is 6.82 Å². The van der Waals surface area contributed by atoms with Gasteiger partial charge in [-0.25, -0.2) is 0 Å². The third kappa shape index (κ3) is 11.2. The minimum absolute atomic E-state index is 0.434. The molecule has 0 unspecified atom stereocenters. The van der Waals surface area contributed by atoms with Gasteiger partial charge < -0.3 is 14.0 Å². The summed E-state index contributed by atoms with van der Waals surface area (Å²) in [4.78, 5) is 0. The first-order valence-corrected chi connectivity index (χ1v) is 4.91. The van der Waals surface area contributed by atoms with E-state index < -0.39 is 45.1 Å². The number of rotatable bonds is 6. The topological polar surface area (TPSA) is 27.7 Å². The van der Waals surface area contributed by atoms with Gasteiger partial charge in [0.1, 0.15) is 19.8 Å². The van der Waals surface area contributed by atoms with E-state index in [4.69, 9.17) is 0 Å². The Bertz CT molecular complexity index is 252. The van der Waals surface area contributed by atoms with Gasteiger partial charge in [0.25, 0.3) is 0 Å². The summed E-state index contributed by atoms with van der Waals surface area (Å²) in [6, 6.07) is 0. The first-order valence-electron chi connectivity index (χ1n) is 4.91. The fraction of sp³-hybridized carbons (Fsp3) is 1.00. The smallest absolute Gasteiger partial charge is 0.407 e. The van der Waals surface area contributed by atoms with Crippen LogP contribution in [0.2, 0.25) is 6.82 Å². The van der Waals surface area contributed by atoms with Crippen LogP contribution < -0.4 is 0 Å². The Morgan fingerprint density at radius 3 is 0.950 bits per heavy atom. The van der Waals surface area contributed by atoms with Gasteiger partial charge in [0.15, 0.2) is 0 Å². The summed E-state index contributed by atoms with van der Waals surface area (Å²) in [6.45, 7) is -9.76. The first-order chi connectivity index (χ1) is 8.62. The van der Waals surface area contributed by atoms with E-state index in [9.17, 15) is 39.5 Å². The van der Waals surface area contributed by atoms with Crippen LogP contribution in [0.3, 0.4) is 0 Å². The molecule has 13 heteroatoms. The molecule has 3 nitrogen and oxygen atoms in total. The summed E-state index contributed by atoms with van der Waals surface area (Å²) in [5.74, 6) is 0. The molecule has 0 bridgehead atoms. The Labute approximate surface area is 107 Å². The van der Waals surface area contributed by atoms with Gasteiger partial charge >= 0.3 is 25.3 Å². The molecule has 0 aliphatic heterocycles. The number of hydrogen-bond acceptors (Lipinski definition) is 3. The molecule has 0 aromatic carbocycles. The molecule has 122 valence electrons. The summed E-state index contributed by atoms with van der Waals surface area (Å²) >= 11 is 0. The van der Waals surface area contributed by atoms with Gasteiger partial charge in [-0.1, -0.05) is 0 Å². The van der Waals surface area contributed by atoms with Crippen LogP contribution in [-0.2, 0) is 14.0 Å². The van der Waals surface area contributed by atoms with E-state index in [0.717, 1.165) is 0 Å². The normalized spacial score (nSPS) is 14.7. The van der Waals surface area contributed by atoms with E-state index in [-0.39, 0.29) is 0 Å². The fourth-order valence-corrected chi connectivity index (χ4v) is 0.882. The molecule has 0 radical (unpaired) electrons. The van der Waals surface area contributed by atoms with Crippen molar-refractivity contribution in [3.63, 3.8) is 0 Å². The SMILES string of the molecule is C[B-](OCC(F)(F)F)(OCC(F)(F)F)OCC(F)(F)F. The molecular formula is C7H9BF9O3-. The van der Waals surface area contributed by atoms with Crippen molar-refractivity contribution in [2.24, 2.45) is 0 Å². The highest BCUT2D eigenvalue weighted by Crippen LogP contribution is 2.24. The van der Waals surface area contributed by atoms with Crippen LogP contribution in [0.5, 0.6) is 0 Å². The molecule has 0 aliphatic rings. The molecule has 0 spiro atoms. The molecule has 20 heavy (non-hydrogen) atoms. The van der Waals surface area contributed by atoms with Gasteiger partial charge in [0.05, 0.1) is 0 Å². The highest BCUT2D eigenvalue weighted by Gasteiger charge is 2.38. The maximum atomic E-state index is 11.9. The van der Waals surface area contributed by atoms with Gasteiger partial charge in [-0.2, -0.15) is 39.5 Å². The molecule has 0 N–H and O–H groups in total. The van der Waals surface area contributed by atoms with Crippen molar-refractivity contribution in [3.05, 3.63) is 0 Å². The second-order valence-corrected chi connectivity index (χ2v) is 3.77. The van der Waals surface area contributed by atoms with Crippen LogP contribution in [0, 0.1) is 0 Å². The Morgan fingerprint density at radius 2 is 0.800 bits per heavy atom. The molecule has 0 saturated carbocycles. The zero-order chi connectivity index (χ0) is 16.2. The Morgan fingerprint density at radius 1 is 0.600 bits per heavy atom. The number of alkyl halides is 9. The average Bonchev–Trinajstić information content (AvgIpc) is 2.18. The predicted molar refractivity (Wildman–Crippen MR) is 47.6 cm³/mol. The van der Waals surface area contributed by atoms with E-state index in [0.29, 0.717) is 6.82 Å². The molecule has 0 atom stereocenters. The van der Waals surface area contributed by atoms with Crippen molar-refractivity contribution in [1.82, 2.24) is 0 Å². The summed E-state index contributed by atoms with van der Waals surface area (Å²) in [7, 11) is 0. The van der Waals surface area contributed by atoms with Crippen LogP contribution >= 0.6 is 0 Å². The summed E-state index contributed by atoms with van der Waals surface area (Å²) < 4.78 is 118. The predicted octanol–water partition coefficient (Wildman–Crippen LogP) is 3.29. The molecule has 0 aliphatic carbocycles. The zero-order valence-corrected chi connectivity index (χ0v) is 9.83. The molecule has 0 rings (SSSR count). The van der Waals surface area contributed by atoms with Crippen molar-refractivity contribution in [1.29, 1.82) is 0 Å². The maximum Gasteiger partial charge on any atom is 0.407 e. The fourth-order valence-electron chi connectivity index (χ4n) is 0.882. The lowest BCUT2D eigenvalue weighted by molar-refractivity contribution is -0.193. The van der Waals surface area contributed by atoms with Crippen LogP contribution in [-0.4, -0.2) is 45.1 Å². The van der Waals surface area contributed by atoms with E-state index in [1.54, 1.807) is 0 Å². The molecule has 0 fully saturated rings. The van der Waals surface area contributed by atoms with Crippen molar-refractivity contribution >= 4 is 6.75 Å². The average molecular weight is 323 g/mol. The summed E-state index contributed by atoms with van der Waals surface area (Å²) in [6.07, 6.45) is -14.9. The molecular weight excluding hydrogens is 314 g/mol. The minimum atomic E-state index is -4.97. The molecule has 0 heterocycles. The van der Waals surface area contributed by atoms with Crippen LogP contribution in [0.25, 0.3) is 0 Å². The standard InChI is InChI=1S/C7H9BF9O3/c1-8(18-2-5(9,10)11,19-3-6(12,13)14)20-4-7(15,16)17/h2-4H2,1H3/q-1. The molecule has 0 aromatic rings. The van der Waals surface area contributed by atoms with Crippen molar-refractivity contribution < 1.29 is 53.5 Å². The third-order valence-corrected chi connectivity index (χ3v) is 1.65. The van der Waals surface area contributed by atoms with Crippen LogP contribution in [0.1, 0.15) is 0 Å². The van der Waals surface area contributed by atoms with Crippen molar-refractivity contribution in [2.75, 3.05) is 19.8 Å². The second kappa shape index (κ2) is 6.39. The molecule has 0 aromatic heterocycles. The lowest BCUT2D eigenvalue weighted by Gasteiger charge is -2.39. The van der Waals surface area contributed by atoms with E-state index in [1.165, 1.54) is 0 Å². The van der Waals surface area contributed by atoms with Gasteiger partial charge in [0.2, 0.25) is 0 Å². The zero-order valence-electron chi connectivity index (χ0n) is 9.83. The van der Waals surface area contributed by atoms with Gasteiger partial charge in [0, 0.05) is 0 Å². The van der Waals surface area contributed by atoms with Gasteiger partial charge in [-0.05, 0) is 0 Å². The highest BCUT2D eigenvalue weighted by atomic mass is 19.4. The van der Waals surface area contributed by atoms with Crippen molar-refractivity contribution in [2.45, 2.75) is 25.4 Å². The Hall–Kier alpha value is -0.685. The van der Waals surface area contributed by atoms with E-state index >= 15 is 0 Å². The number of halogens is 9. The Balaban J connectivity index is 4.66. The summed E-state index contributed by atoms with van der Waals surface area (Å²) in [5, 5.41) is 0. The maximum absolute atomic E-state index is 11.9. The summed E-state index contributed by atoms with van der Waals surface area (Å²) in [5.41, 5.74) is 0. The lowest BCUT2D eigenvalue weighted by Crippen LogP contribution is -2.48. The quantitative estimate of drug-likeness (QED) is 0.555. The van der Waals surface area contributed by atoms with Crippen molar-refractivity contribution in [3.8, 4) is 0 Å². The van der Waals surface area contributed by atoms with Crippen LogP contribution in [0.15, 0.2) is 0 Å². The lowest BCUT2D eigenvalue weighted by atomic mass is 9.82. The Kier molecular flexibility index (Phi) is 6.17. The molecule has 0 amide bonds. The number of hydrogen-bond donors (Lipinski definition) is 0. The second-order valence-electron chi connectivity index (χ2n) is 3.77. The first kappa shape index (κ1) is 19.3. The van der Waals surface area contributed by atoms with E-state index in [2.05, 4.69) is 14.0 Å². The third-order valence-electron chi connectivity index (χ3n) is 1.65. The molecule has 0 saturated heterocycles.